The lowest BCUT2D eigenvalue weighted by Crippen LogP contribution is -2.39. The molecule has 0 saturated heterocycles. The maximum absolute atomic E-state index is 12.9. The molecule has 6 nitrogen and oxygen atoms in total. The fourth-order valence-corrected chi connectivity index (χ4v) is 4.90. The Hall–Kier alpha value is -3.39. The Morgan fingerprint density at radius 1 is 0.806 bits per heavy atom. The molecule has 0 fully saturated rings. The molecule has 4 aromatic rings. The lowest BCUT2D eigenvalue weighted by molar-refractivity contribution is 0.533. The highest BCUT2D eigenvalue weighted by Crippen LogP contribution is 2.47. The monoisotopic (exact) mass is 428 g/mol. The molecule has 0 radical (unpaired) electrons. The molecule has 0 saturated carbocycles. The van der Waals surface area contributed by atoms with E-state index in [1.165, 1.54) is 6.33 Å². The fraction of sp³-hybridized carbons (Fsp3) is 0.0833. The average Bonchev–Trinajstić information content (AvgIpc) is 3.12. The van der Waals surface area contributed by atoms with E-state index in [-0.39, 0.29) is 10.9 Å². The summed E-state index contributed by atoms with van der Waals surface area (Å²) in [5, 5.41) is 0. The molecule has 1 atom stereocenters. The minimum Gasteiger partial charge on any atom is -0.244 e. The van der Waals surface area contributed by atoms with Gasteiger partial charge in [-0.2, -0.15) is 0 Å². The Morgan fingerprint density at radius 2 is 1.48 bits per heavy atom. The number of hydrazine groups is 1. The van der Waals surface area contributed by atoms with E-state index in [2.05, 4.69) is 32.4 Å². The molecule has 31 heavy (non-hydrogen) atoms. The van der Waals surface area contributed by atoms with Gasteiger partial charge in [0, 0.05) is 18.0 Å². The molecule has 0 amide bonds. The normalized spacial score (nSPS) is 14.8. The highest BCUT2D eigenvalue weighted by Gasteiger charge is 2.32. The summed E-state index contributed by atoms with van der Waals surface area (Å²) in [7, 11) is -3.73. The van der Waals surface area contributed by atoms with Crippen molar-refractivity contribution in [2.45, 2.75) is 17.9 Å². The van der Waals surface area contributed by atoms with Gasteiger partial charge in [-0.25, -0.2) is 23.8 Å². The molecular formula is C24H20N4O2S. The van der Waals surface area contributed by atoms with Crippen molar-refractivity contribution < 1.29 is 8.42 Å². The van der Waals surface area contributed by atoms with Gasteiger partial charge < -0.3 is 0 Å². The van der Waals surface area contributed by atoms with Crippen LogP contribution >= 0.6 is 0 Å². The second-order valence-corrected chi connectivity index (χ2v) is 9.16. The van der Waals surface area contributed by atoms with Gasteiger partial charge in [0.25, 0.3) is 10.0 Å². The van der Waals surface area contributed by atoms with E-state index < -0.39 is 10.0 Å². The third-order valence-electron chi connectivity index (χ3n) is 5.50. The molecule has 5 rings (SSSR count). The number of nitrogens with one attached hydrogen (secondary N) is 2. The molecule has 7 heteroatoms. The second-order valence-electron chi connectivity index (χ2n) is 7.48. The maximum atomic E-state index is 12.9. The molecule has 1 heterocycles. The largest absolute Gasteiger partial charge is 0.253 e. The summed E-state index contributed by atoms with van der Waals surface area (Å²) in [4.78, 5) is 11.1. The number of fused-ring (bicyclic) bond motifs is 3. The summed E-state index contributed by atoms with van der Waals surface area (Å²) in [5.74, 6) is 0. The first-order valence-corrected chi connectivity index (χ1v) is 11.3. The molecular weight excluding hydrogens is 408 g/mol. The van der Waals surface area contributed by atoms with Crippen molar-refractivity contribution in [1.29, 1.82) is 0 Å². The summed E-state index contributed by atoms with van der Waals surface area (Å²) in [5.41, 5.74) is 10.0. The molecule has 1 aliphatic carbocycles. The topological polar surface area (TPSA) is 84.0 Å². The highest BCUT2D eigenvalue weighted by atomic mass is 32.2. The number of sulfonamides is 1. The number of rotatable bonds is 5. The third-order valence-corrected chi connectivity index (χ3v) is 6.78. The maximum Gasteiger partial charge on any atom is 0.253 e. The lowest BCUT2D eigenvalue weighted by Gasteiger charge is -2.19. The molecule has 0 bridgehead atoms. The van der Waals surface area contributed by atoms with Crippen molar-refractivity contribution in [3.8, 4) is 22.3 Å². The minimum atomic E-state index is -3.73. The van der Waals surface area contributed by atoms with Crippen LogP contribution in [0.25, 0.3) is 22.3 Å². The van der Waals surface area contributed by atoms with Crippen LogP contribution in [-0.4, -0.2) is 18.4 Å². The average molecular weight is 429 g/mol. The van der Waals surface area contributed by atoms with Crippen LogP contribution in [0.1, 0.15) is 22.7 Å². The summed E-state index contributed by atoms with van der Waals surface area (Å²) >= 11 is 0. The van der Waals surface area contributed by atoms with Gasteiger partial charge in [-0.1, -0.05) is 60.2 Å². The first kappa shape index (κ1) is 19.6. The van der Waals surface area contributed by atoms with Gasteiger partial charge in [0.05, 0.1) is 10.9 Å². The molecule has 3 aromatic carbocycles. The van der Waals surface area contributed by atoms with Crippen LogP contribution in [0, 0.1) is 6.92 Å². The molecule has 0 spiro atoms. The van der Waals surface area contributed by atoms with Gasteiger partial charge in [0.15, 0.2) is 0 Å². The van der Waals surface area contributed by atoms with Crippen LogP contribution < -0.4 is 10.3 Å². The second kappa shape index (κ2) is 7.70. The zero-order chi connectivity index (χ0) is 21.4. The van der Waals surface area contributed by atoms with Gasteiger partial charge in [0.2, 0.25) is 0 Å². The fourth-order valence-electron chi connectivity index (χ4n) is 4.01. The van der Waals surface area contributed by atoms with Gasteiger partial charge >= 0.3 is 0 Å². The van der Waals surface area contributed by atoms with E-state index in [0.29, 0.717) is 0 Å². The Kier molecular flexibility index (Phi) is 4.86. The lowest BCUT2D eigenvalue weighted by atomic mass is 9.95. The first-order valence-electron chi connectivity index (χ1n) is 9.86. The van der Waals surface area contributed by atoms with Gasteiger partial charge in [-0.05, 0) is 46.9 Å². The summed E-state index contributed by atoms with van der Waals surface area (Å²) in [6.07, 6.45) is 5.02. The number of hydrogen-bond donors (Lipinski definition) is 2. The van der Waals surface area contributed by atoms with Crippen LogP contribution in [0.5, 0.6) is 0 Å². The Bertz CT molecular complexity index is 1350. The number of hydrogen-bond acceptors (Lipinski definition) is 5. The van der Waals surface area contributed by atoms with Gasteiger partial charge in [-0.3, -0.25) is 0 Å². The standard InChI is InChI=1S/C24H20N4O2S/c1-16-9-11-18(12-10-16)31(29,30)28-27-24-22-6-3-2-5-20(22)21-8-4-7-19(23(21)24)17-13-25-15-26-14-17/h2-15,24,27-28H,1H3. The molecule has 1 unspecified atom stereocenters. The van der Waals surface area contributed by atoms with Crippen LogP contribution in [0.4, 0.5) is 0 Å². The zero-order valence-corrected chi connectivity index (χ0v) is 17.6. The van der Waals surface area contributed by atoms with E-state index in [1.807, 2.05) is 37.3 Å². The van der Waals surface area contributed by atoms with Crippen molar-refractivity contribution in [2.75, 3.05) is 0 Å². The smallest absolute Gasteiger partial charge is 0.244 e. The van der Waals surface area contributed by atoms with Crippen LogP contribution in [0.3, 0.4) is 0 Å². The van der Waals surface area contributed by atoms with Gasteiger partial charge in [0.1, 0.15) is 6.33 Å². The van der Waals surface area contributed by atoms with E-state index in [9.17, 15) is 8.42 Å². The predicted molar refractivity (Wildman–Crippen MR) is 119 cm³/mol. The Balaban J connectivity index is 1.56. The van der Waals surface area contributed by atoms with Gasteiger partial charge in [-0.15, -0.1) is 4.83 Å². The zero-order valence-electron chi connectivity index (χ0n) is 16.8. The van der Waals surface area contributed by atoms with Crippen molar-refractivity contribution in [2.24, 2.45) is 0 Å². The van der Waals surface area contributed by atoms with Crippen molar-refractivity contribution in [3.63, 3.8) is 0 Å². The van der Waals surface area contributed by atoms with Crippen LogP contribution in [-0.2, 0) is 10.0 Å². The van der Waals surface area contributed by atoms with E-state index >= 15 is 0 Å². The molecule has 154 valence electrons. The van der Waals surface area contributed by atoms with Crippen LogP contribution in [0.15, 0.2) is 90.3 Å². The predicted octanol–water partition coefficient (Wildman–Crippen LogP) is 4.00. The minimum absolute atomic E-state index is 0.210. The highest BCUT2D eigenvalue weighted by molar-refractivity contribution is 7.89. The van der Waals surface area contributed by atoms with Crippen LogP contribution in [0.2, 0.25) is 0 Å². The Labute approximate surface area is 181 Å². The number of aromatic nitrogens is 2. The quantitative estimate of drug-likeness (QED) is 0.470. The van der Waals surface area contributed by atoms with Crippen molar-refractivity contribution in [1.82, 2.24) is 20.2 Å². The van der Waals surface area contributed by atoms with Crippen molar-refractivity contribution >= 4 is 10.0 Å². The first-order chi connectivity index (χ1) is 15.0. The number of benzene rings is 3. The molecule has 1 aromatic heterocycles. The summed E-state index contributed by atoms with van der Waals surface area (Å²) < 4.78 is 25.8. The molecule has 0 aliphatic heterocycles. The molecule has 1 aliphatic rings. The number of nitrogens with zero attached hydrogens (tertiary/aromatic N) is 2. The van der Waals surface area contributed by atoms with E-state index in [1.54, 1.807) is 36.7 Å². The SMILES string of the molecule is Cc1ccc(S(=O)(=O)NNC2c3ccccc3-c3cccc(-c4cncnc4)c32)cc1. The summed E-state index contributed by atoms with van der Waals surface area (Å²) in [6.45, 7) is 1.92. The third kappa shape index (κ3) is 3.53. The Morgan fingerprint density at radius 3 is 2.26 bits per heavy atom. The summed E-state index contributed by atoms with van der Waals surface area (Å²) in [6, 6.07) is 20.5. The molecule has 2 N–H and O–H groups in total. The number of aryl methyl sites for hydroxylation is 1. The van der Waals surface area contributed by atoms with E-state index in [0.717, 1.165) is 38.9 Å². The van der Waals surface area contributed by atoms with E-state index in [4.69, 9.17) is 0 Å². The van der Waals surface area contributed by atoms with Crippen molar-refractivity contribution in [3.05, 3.63) is 102 Å².